The minimum absolute atomic E-state index is 0.0953. The van der Waals surface area contributed by atoms with Gasteiger partial charge in [-0.1, -0.05) is 12.1 Å². The highest BCUT2D eigenvalue weighted by atomic mass is 19.1. The monoisotopic (exact) mass is 345 g/mol. The van der Waals surface area contributed by atoms with E-state index in [4.69, 9.17) is 4.74 Å². The summed E-state index contributed by atoms with van der Waals surface area (Å²) in [7, 11) is 0. The number of benzene rings is 1. The molecule has 1 saturated heterocycles. The topological polar surface area (TPSA) is 56.2 Å². The first kappa shape index (κ1) is 17.6. The van der Waals surface area contributed by atoms with Crippen LogP contribution in [0.1, 0.15) is 48.8 Å². The molecule has 1 aromatic heterocycles. The number of rotatable bonds is 5. The van der Waals surface area contributed by atoms with Gasteiger partial charge in [0.1, 0.15) is 11.9 Å². The highest BCUT2D eigenvalue weighted by molar-refractivity contribution is 5.80. The second-order valence-electron chi connectivity index (χ2n) is 6.64. The van der Waals surface area contributed by atoms with E-state index in [1.54, 1.807) is 16.8 Å². The number of nitrogens with zero attached hydrogens (tertiary/aromatic N) is 2. The number of aromatic nitrogens is 2. The van der Waals surface area contributed by atoms with Gasteiger partial charge in [0.15, 0.2) is 0 Å². The van der Waals surface area contributed by atoms with E-state index in [2.05, 4.69) is 10.4 Å². The summed E-state index contributed by atoms with van der Waals surface area (Å²) in [5.74, 6) is -0.423. The fraction of sp³-hybridized carbons (Fsp3) is 0.474. The Morgan fingerprint density at radius 2 is 2.08 bits per heavy atom. The number of carbonyl (C=O) groups excluding carboxylic acids is 1. The molecule has 3 atom stereocenters. The average molecular weight is 345 g/mol. The summed E-state index contributed by atoms with van der Waals surface area (Å²) < 4.78 is 20.8. The van der Waals surface area contributed by atoms with Crippen LogP contribution in [0.5, 0.6) is 0 Å². The van der Waals surface area contributed by atoms with Crippen molar-refractivity contribution in [1.82, 2.24) is 15.1 Å². The molecule has 1 amide bonds. The number of amides is 1. The van der Waals surface area contributed by atoms with Gasteiger partial charge >= 0.3 is 0 Å². The molecular weight excluding hydrogens is 321 g/mol. The molecule has 1 fully saturated rings. The molecule has 0 spiro atoms. The van der Waals surface area contributed by atoms with Crippen molar-refractivity contribution in [1.29, 1.82) is 0 Å². The predicted molar refractivity (Wildman–Crippen MR) is 92.7 cm³/mol. The summed E-state index contributed by atoms with van der Waals surface area (Å²) in [6.07, 6.45) is 1.74. The van der Waals surface area contributed by atoms with Crippen LogP contribution in [0.25, 0.3) is 0 Å². The second kappa shape index (κ2) is 7.35. The maximum atomic E-state index is 13.3. The number of carbonyl (C=O) groups is 1. The lowest BCUT2D eigenvalue weighted by atomic mass is 9.99. The Morgan fingerprint density at radius 1 is 1.36 bits per heavy atom. The van der Waals surface area contributed by atoms with E-state index in [0.717, 1.165) is 29.8 Å². The summed E-state index contributed by atoms with van der Waals surface area (Å²) >= 11 is 0. The smallest absolute Gasteiger partial charge is 0.245 e. The average Bonchev–Trinajstić information content (AvgIpc) is 3.22. The Labute approximate surface area is 147 Å². The third-order valence-electron chi connectivity index (χ3n) is 4.65. The van der Waals surface area contributed by atoms with Gasteiger partial charge in [0, 0.05) is 12.3 Å². The summed E-state index contributed by atoms with van der Waals surface area (Å²) in [5, 5.41) is 7.48. The molecule has 2 aromatic rings. The van der Waals surface area contributed by atoms with Gasteiger partial charge in [-0.2, -0.15) is 5.10 Å². The lowest BCUT2D eigenvalue weighted by molar-refractivity contribution is -0.126. The first-order chi connectivity index (χ1) is 12.0. The number of hydrogen-bond acceptors (Lipinski definition) is 3. The molecule has 1 aliphatic rings. The fourth-order valence-electron chi connectivity index (χ4n) is 3.35. The van der Waals surface area contributed by atoms with Crippen LogP contribution in [0.4, 0.5) is 4.39 Å². The minimum Gasteiger partial charge on any atom is -0.376 e. The van der Waals surface area contributed by atoms with E-state index in [9.17, 15) is 9.18 Å². The van der Waals surface area contributed by atoms with Crippen LogP contribution in [0.2, 0.25) is 0 Å². The molecule has 0 bridgehead atoms. The largest absolute Gasteiger partial charge is 0.376 e. The van der Waals surface area contributed by atoms with Gasteiger partial charge in [-0.15, -0.1) is 0 Å². The molecule has 25 heavy (non-hydrogen) atoms. The van der Waals surface area contributed by atoms with E-state index < -0.39 is 6.04 Å². The lowest BCUT2D eigenvalue weighted by Crippen LogP contribution is -2.40. The molecule has 0 radical (unpaired) electrons. The fourth-order valence-corrected chi connectivity index (χ4v) is 3.35. The van der Waals surface area contributed by atoms with Crippen molar-refractivity contribution in [3.63, 3.8) is 0 Å². The van der Waals surface area contributed by atoms with Gasteiger partial charge in [-0.25, -0.2) is 4.39 Å². The quantitative estimate of drug-likeness (QED) is 0.905. The first-order valence-electron chi connectivity index (χ1n) is 8.66. The molecule has 0 unspecified atom stereocenters. The highest BCUT2D eigenvalue weighted by Crippen LogP contribution is 2.28. The van der Waals surface area contributed by atoms with Crippen molar-refractivity contribution in [2.75, 3.05) is 6.61 Å². The molecule has 1 aliphatic heterocycles. The maximum Gasteiger partial charge on any atom is 0.245 e. The van der Waals surface area contributed by atoms with Gasteiger partial charge in [0.25, 0.3) is 0 Å². The van der Waals surface area contributed by atoms with E-state index in [1.807, 2.05) is 26.8 Å². The van der Waals surface area contributed by atoms with Crippen molar-refractivity contribution >= 4 is 5.91 Å². The van der Waals surface area contributed by atoms with Crippen LogP contribution in [0.3, 0.4) is 0 Å². The summed E-state index contributed by atoms with van der Waals surface area (Å²) in [6.45, 7) is 6.35. The Balaban J connectivity index is 1.80. The summed E-state index contributed by atoms with van der Waals surface area (Å²) in [5.41, 5.74) is 2.67. The van der Waals surface area contributed by atoms with Crippen LogP contribution in [-0.2, 0) is 9.53 Å². The van der Waals surface area contributed by atoms with Crippen molar-refractivity contribution < 1.29 is 13.9 Å². The van der Waals surface area contributed by atoms with Crippen LogP contribution < -0.4 is 5.32 Å². The SMILES string of the molecule is Cc1cc(C)n([C@H](C)C(=O)N[C@H](c2ccc(F)cc2)[C@H]2CCCO2)n1. The zero-order chi connectivity index (χ0) is 18.0. The van der Waals surface area contributed by atoms with Crippen LogP contribution in [0, 0.1) is 19.7 Å². The van der Waals surface area contributed by atoms with Crippen molar-refractivity contribution in [3.05, 3.63) is 53.1 Å². The normalized spacial score (nSPS) is 19.6. The van der Waals surface area contributed by atoms with Crippen LogP contribution in [-0.4, -0.2) is 28.4 Å². The third-order valence-corrected chi connectivity index (χ3v) is 4.65. The van der Waals surface area contributed by atoms with Gasteiger partial charge in [0.2, 0.25) is 5.91 Å². The molecular formula is C19H24FN3O2. The lowest BCUT2D eigenvalue weighted by Gasteiger charge is -2.26. The Bertz CT molecular complexity index is 736. The zero-order valence-corrected chi connectivity index (χ0v) is 14.8. The van der Waals surface area contributed by atoms with E-state index >= 15 is 0 Å². The first-order valence-corrected chi connectivity index (χ1v) is 8.66. The zero-order valence-electron chi connectivity index (χ0n) is 14.8. The predicted octanol–water partition coefficient (Wildman–Crippen LogP) is 3.24. The molecule has 5 nitrogen and oxygen atoms in total. The van der Waals surface area contributed by atoms with Crippen molar-refractivity contribution in [3.8, 4) is 0 Å². The maximum absolute atomic E-state index is 13.3. The Morgan fingerprint density at radius 3 is 2.64 bits per heavy atom. The molecule has 1 aromatic carbocycles. The third kappa shape index (κ3) is 3.90. The van der Waals surface area contributed by atoms with Crippen molar-refractivity contribution in [2.45, 2.75) is 51.8 Å². The number of hydrogen-bond donors (Lipinski definition) is 1. The molecule has 3 rings (SSSR count). The Hall–Kier alpha value is -2.21. The standard InChI is InChI=1S/C19H24FN3O2/c1-12-11-13(2)23(22-12)14(3)19(24)21-18(17-5-4-10-25-17)15-6-8-16(20)9-7-15/h6-9,11,14,17-18H,4-5,10H2,1-3H3,(H,21,24)/t14-,17-,18-/m1/s1. The summed E-state index contributed by atoms with van der Waals surface area (Å²) in [4.78, 5) is 12.8. The molecule has 0 aliphatic carbocycles. The molecule has 2 heterocycles. The van der Waals surface area contributed by atoms with E-state index in [-0.39, 0.29) is 23.9 Å². The van der Waals surface area contributed by atoms with Crippen LogP contribution in [0.15, 0.2) is 30.3 Å². The van der Waals surface area contributed by atoms with Crippen molar-refractivity contribution in [2.24, 2.45) is 0 Å². The molecule has 1 N–H and O–H groups in total. The number of halogens is 1. The van der Waals surface area contributed by atoms with Gasteiger partial charge in [0.05, 0.1) is 17.8 Å². The Kier molecular flexibility index (Phi) is 5.18. The number of nitrogens with one attached hydrogen (secondary N) is 1. The minimum atomic E-state index is -0.432. The number of ether oxygens (including phenoxy) is 1. The van der Waals surface area contributed by atoms with Gasteiger partial charge in [-0.3, -0.25) is 9.48 Å². The van der Waals surface area contributed by atoms with Gasteiger partial charge in [-0.05, 0) is 57.4 Å². The summed E-state index contributed by atoms with van der Waals surface area (Å²) in [6, 6.07) is 7.45. The molecule has 134 valence electrons. The van der Waals surface area contributed by atoms with E-state index in [0.29, 0.717) is 6.61 Å². The number of aryl methyl sites for hydroxylation is 2. The second-order valence-corrected chi connectivity index (χ2v) is 6.64. The highest BCUT2D eigenvalue weighted by Gasteiger charge is 2.30. The van der Waals surface area contributed by atoms with E-state index in [1.165, 1.54) is 12.1 Å². The van der Waals surface area contributed by atoms with Crippen LogP contribution >= 0.6 is 0 Å². The molecule has 0 saturated carbocycles. The molecule has 6 heteroatoms. The van der Waals surface area contributed by atoms with Gasteiger partial charge < -0.3 is 10.1 Å².